The molecule has 0 aromatic heterocycles. The molecule has 1 rings (SSSR count). The zero-order valence-electron chi connectivity index (χ0n) is 12.9. The molecule has 0 heterocycles. The van der Waals surface area contributed by atoms with Crippen LogP contribution in [-0.2, 0) is 9.47 Å². The van der Waals surface area contributed by atoms with E-state index in [0.29, 0.717) is 0 Å². The van der Waals surface area contributed by atoms with Gasteiger partial charge < -0.3 is 9.47 Å². The minimum absolute atomic E-state index is 0.00872. The van der Waals surface area contributed by atoms with Gasteiger partial charge in [-0.25, -0.2) is 0 Å². The third kappa shape index (κ3) is 5.27. The lowest BCUT2D eigenvalue weighted by Gasteiger charge is -2.35. The quantitative estimate of drug-likeness (QED) is 0.625. The number of ether oxygens (including phenoxy) is 2. The van der Waals surface area contributed by atoms with Crippen molar-refractivity contribution in [3.63, 3.8) is 0 Å². The van der Waals surface area contributed by atoms with Crippen molar-refractivity contribution in [2.24, 2.45) is 23.7 Å². The summed E-state index contributed by atoms with van der Waals surface area (Å²) in [5.74, 6) is 3.57. The molecular formula is C16H32O2. The Morgan fingerprint density at radius 1 is 1.11 bits per heavy atom. The van der Waals surface area contributed by atoms with E-state index in [4.69, 9.17) is 9.47 Å². The second kappa shape index (κ2) is 8.16. The van der Waals surface area contributed by atoms with Crippen LogP contribution in [0.2, 0.25) is 0 Å². The van der Waals surface area contributed by atoms with Crippen molar-refractivity contribution in [2.45, 2.75) is 65.6 Å². The average Bonchev–Trinajstić information content (AvgIpc) is 2.32. The van der Waals surface area contributed by atoms with Gasteiger partial charge in [-0.1, -0.05) is 27.2 Å². The van der Waals surface area contributed by atoms with Gasteiger partial charge in [0.05, 0.1) is 0 Å². The first-order valence-corrected chi connectivity index (χ1v) is 7.62. The second-order valence-corrected chi connectivity index (χ2v) is 6.52. The van der Waals surface area contributed by atoms with Gasteiger partial charge in [-0.3, -0.25) is 0 Å². The molecule has 0 aromatic rings. The van der Waals surface area contributed by atoms with Crippen LogP contribution in [-0.4, -0.2) is 20.5 Å². The van der Waals surface area contributed by atoms with Gasteiger partial charge in [-0.2, -0.15) is 0 Å². The Kier molecular flexibility index (Phi) is 7.25. The maximum Gasteiger partial charge on any atom is 0.156 e. The van der Waals surface area contributed by atoms with E-state index in [9.17, 15) is 0 Å². The summed E-state index contributed by atoms with van der Waals surface area (Å²) in [6.07, 6.45) is 7.95. The molecule has 0 aliphatic heterocycles. The summed E-state index contributed by atoms with van der Waals surface area (Å²) in [6.45, 7) is 7.13. The maximum atomic E-state index is 5.28. The maximum absolute atomic E-state index is 5.28. The topological polar surface area (TPSA) is 18.5 Å². The molecule has 3 unspecified atom stereocenters. The number of rotatable bonds is 7. The first-order chi connectivity index (χ1) is 8.56. The Hall–Kier alpha value is -0.0800. The van der Waals surface area contributed by atoms with Crippen molar-refractivity contribution < 1.29 is 9.47 Å². The van der Waals surface area contributed by atoms with E-state index >= 15 is 0 Å². The molecule has 108 valence electrons. The molecule has 1 saturated carbocycles. The van der Waals surface area contributed by atoms with E-state index in [1.54, 1.807) is 14.2 Å². The highest BCUT2D eigenvalue weighted by Gasteiger charge is 2.28. The molecule has 0 bridgehead atoms. The Labute approximate surface area is 113 Å². The zero-order chi connectivity index (χ0) is 13.5. The van der Waals surface area contributed by atoms with Crippen molar-refractivity contribution in [1.82, 2.24) is 0 Å². The molecule has 0 N–H and O–H groups in total. The van der Waals surface area contributed by atoms with Crippen LogP contribution in [0.5, 0.6) is 0 Å². The smallest absolute Gasteiger partial charge is 0.156 e. The van der Waals surface area contributed by atoms with E-state index in [1.807, 2.05) is 0 Å². The van der Waals surface area contributed by atoms with Gasteiger partial charge in [0.25, 0.3) is 0 Å². The van der Waals surface area contributed by atoms with E-state index < -0.39 is 0 Å². The van der Waals surface area contributed by atoms with Gasteiger partial charge in [0, 0.05) is 14.2 Å². The highest BCUT2D eigenvalue weighted by Crippen LogP contribution is 2.39. The van der Waals surface area contributed by atoms with Crippen LogP contribution in [0.25, 0.3) is 0 Å². The molecule has 1 fully saturated rings. The van der Waals surface area contributed by atoms with Gasteiger partial charge >= 0.3 is 0 Å². The molecule has 0 radical (unpaired) electrons. The Morgan fingerprint density at radius 3 is 2.28 bits per heavy atom. The van der Waals surface area contributed by atoms with Crippen molar-refractivity contribution in [3.05, 3.63) is 0 Å². The van der Waals surface area contributed by atoms with Gasteiger partial charge in [-0.15, -0.1) is 0 Å². The number of methoxy groups -OCH3 is 2. The SMILES string of the molecule is COC(CCC1CCC(CC(C)C)CC1C)OC. The van der Waals surface area contributed by atoms with Crippen LogP contribution in [0.4, 0.5) is 0 Å². The summed E-state index contributed by atoms with van der Waals surface area (Å²) in [4.78, 5) is 0. The number of hydrogen-bond donors (Lipinski definition) is 0. The molecule has 18 heavy (non-hydrogen) atoms. The van der Waals surface area contributed by atoms with E-state index in [2.05, 4.69) is 20.8 Å². The van der Waals surface area contributed by atoms with E-state index in [0.717, 1.165) is 30.1 Å². The van der Waals surface area contributed by atoms with Crippen LogP contribution in [0, 0.1) is 23.7 Å². The first kappa shape index (κ1) is 16.0. The Morgan fingerprint density at radius 2 is 1.78 bits per heavy atom. The van der Waals surface area contributed by atoms with Gasteiger partial charge in [0.1, 0.15) is 0 Å². The largest absolute Gasteiger partial charge is 0.356 e. The summed E-state index contributed by atoms with van der Waals surface area (Å²) >= 11 is 0. The molecule has 0 saturated heterocycles. The predicted octanol–water partition coefficient (Wildman–Crippen LogP) is 4.48. The lowest BCUT2D eigenvalue weighted by molar-refractivity contribution is -0.110. The molecule has 0 aromatic carbocycles. The fraction of sp³-hybridized carbons (Fsp3) is 1.00. The average molecular weight is 256 g/mol. The lowest BCUT2D eigenvalue weighted by atomic mass is 9.71. The lowest BCUT2D eigenvalue weighted by Crippen LogP contribution is -2.25. The Bertz CT molecular complexity index is 211. The van der Waals surface area contributed by atoms with Crippen molar-refractivity contribution in [1.29, 1.82) is 0 Å². The summed E-state index contributed by atoms with van der Waals surface area (Å²) in [5.41, 5.74) is 0. The number of hydrogen-bond acceptors (Lipinski definition) is 2. The molecule has 0 amide bonds. The zero-order valence-corrected chi connectivity index (χ0v) is 12.9. The summed E-state index contributed by atoms with van der Waals surface area (Å²) in [5, 5.41) is 0. The molecule has 3 atom stereocenters. The standard InChI is InChI=1S/C16H32O2/c1-12(2)10-14-6-7-15(13(3)11-14)8-9-16(17-4)18-5/h12-16H,6-11H2,1-5H3. The highest BCUT2D eigenvalue weighted by molar-refractivity contribution is 4.78. The van der Waals surface area contributed by atoms with Gasteiger partial charge in [0.15, 0.2) is 6.29 Å². The second-order valence-electron chi connectivity index (χ2n) is 6.52. The molecular weight excluding hydrogens is 224 g/mol. The fourth-order valence-electron chi connectivity index (χ4n) is 3.56. The van der Waals surface area contributed by atoms with Crippen molar-refractivity contribution >= 4 is 0 Å². The Balaban J connectivity index is 2.29. The van der Waals surface area contributed by atoms with Crippen LogP contribution < -0.4 is 0 Å². The highest BCUT2D eigenvalue weighted by atomic mass is 16.7. The van der Waals surface area contributed by atoms with E-state index in [1.165, 1.54) is 32.1 Å². The minimum atomic E-state index is -0.00872. The third-order valence-electron chi connectivity index (χ3n) is 4.56. The minimum Gasteiger partial charge on any atom is -0.356 e. The molecule has 1 aliphatic carbocycles. The summed E-state index contributed by atoms with van der Waals surface area (Å²) < 4.78 is 10.6. The third-order valence-corrected chi connectivity index (χ3v) is 4.56. The van der Waals surface area contributed by atoms with Crippen molar-refractivity contribution in [2.75, 3.05) is 14.2 Å². The molecule has 2 nitrogen and oxygen atoms in total. The van der Waals surface area contributed by atoms with Crippen LogP contribution >= 0.6 is 0 Å². The van der Waals surface area contributed by atoms with Crippen LogP contribution in [0.3, 0.4) is 0 Å². The molecule has 0 spiro atoms. The monoisotopic (exact) mass is 256 g/mol. The molecule has 1 aliphatic rings. The van der Waals surface area contributed by atoms with Crippen LogP contribution in [0.15, 0.2) is 0 Å². The normalized spacial score (nSPS) is 29.2. The first-order valence-electron chi connectivity index (χ1n) is 7.62. The van der Waals surface area contributed by atoms with Crippen LogP contribution in [0.1, 0.15) is 59.3 Å². The molecule has 2 heteroatoms. The fourth-order valence-corrected chi connectivity index (χ4v) is 3.56. The summed E-state index contributed by atoms with van der Waals surface area (Å²) in [7, 11) is 3.47. The van der Waals surface area contributed by atoms with Crippen molar-refractivity contribution in [3.8, 4) is 0 Å². The predicted molar refractivity (Wildman–Crippen MR) is 76.5 cm³/mol. The van der Waals surface area contributed by atoms with Gasteiger partial charge in [0.2, 0.25) is 0 Å². The summed E-state index contributed by atoms with van der Waals surface area (Å²) in [6, 6.07) is 0. The van der Waals surface area contributed by atoms with E-state index in [-0.39, 0.29) is 6.29 Å². The van der Waals surface area contributed by atoms with Gasteiger partial charge in [-0.05, 0) is 55.8 Å².